The quantitative estimate of drug-likeness (QED) is 0.709. The van der Waals surface area contributed by atoms with E-state index in [1.54, 1.807) is 6.07 Å². The predicted octanol–water partition coefficient (Wildman–Crippen LogP) is 4.66. The average molecular weight is 302 g/mol. The molecule has 0 atom stereocenters. The SMILES string of the molecule is CN(C1=Nc2ccc3c(O)cccc3c2CC1)c1ccccc1. The van der Waals surface area contributed by atoms with E-state index in [4.69, 9.17) is 4.99 Å². The molecule has 3 nitrogen and oxygen atoms in total. The van der Waals surface area contributed by atoms with E-state index in [1.165, 1.54) is 5.56 Å². The molecule has 0 bridgehead atoms. The predicted molar refractivity (Wildman–Crippen MR) is 95.9 cm³/mol. The molecule has 0 aliphatic carbocycles. The van der Waals surface area contributed by atoms with Gasteiger partial charge in [0.05, 0.1) is 5.69 Å². The Morgan fingerprint density at radius 2 is 1.70 bits per heavy atom. The number of anilines is 1. The van der Waals surface area contributed by atoms with Gasteiger partial charge in [0.1, 0.15) is 11.6 Å². The third-order valence-corrected chi connectivity index (χ3v) is 4.50. The van der Waals surface area contributed by atoms with Crippen LogP contribution in [-0.2, 0) is 6.42 Å². The van der Waals surface area contributed by atoms with Crippen LogP contribution >= 0.6 is 0 Å². The smallest absolute Gasteiger partial charge is 0.123 e. The number of fused-ring (bicyclic) bond motifs is 3. The monoisotopic (exact) mass is 302 g/mol. The number of phenolic OH excluding ortho intramolecular Hbond substituents is 1. The molecule has 0 saturated carbocycles. The summed E-state index contributed by atoms with van der Waals surface area (Å²) in [5.74, 6) is 1.41. The summed E-state index contributed by atoms with van der Waals surface area (Å²) in [5, 5.41) is 12.0. The Bertz CT molecular complexity index is 900. The molecule has 23 heavy (non-hydrogen) atoms. The van der Waals surface area contributed by atoms with Crippen molar-refractivity contribution in [2.24, 2.45) is 4.99 Å². The second-order valence-electron chi connectivity index (χ2n) is 5.86. The fourth-order valence-electron chi connectivity index (χ4n) is 3.23. The zero-order valence-electron chi connectivity index (χ0n) is 13.0. The van der Waals surface area contributed by atoms with Crippen LogP contribution in [-0.4, -0.2) is 18.0 Å². The Morgan fingerprint density at radius 1 is 0.870 bits per heavy atom. The number of benzene rings is 3. The molecule has 1 aliphatic rings. The summed E-state index contributed by atoms with van der Waals surface area (Å²) >= 11 is 0. The molecule has 0 spiro atoms. The molecule has 0 radical (unpaired) electrons. The first-order chi connectivity index (χ1) is 11.2. The van der Waals surface area contributed by atoms with Gasteiger partial charge < -0.3 is 10.0 Å². The number of para-hydroxylation sites is 1. The van der Waals surface area contributed by atoms with Crippen molar-refractivity contribution in [2.45, 2.75) is 12.8 Å². The molecule has 3 aromatic rings. The van der Waals surface area contributed by atoms with Crippen molar-refractivity contribution in [3.05, 3.63) is 66.2 Å². The van der Waals surface area contributed by atoms with Gasteiger partial charge in [0.15, 0.2) is 0 Å². The number of nitrogens with zero attached hydrogens (tertiary/aromatic N) is 2. The first-order valence-corrected chi connectivity index (χ1v) is 7.84. The van der Waals surface area contributed by atoms with Gasteiger partial charge >= 0.3 is 0 Å². The van der Waals surface area contributed by atoms with Gasteiger partial charge in [-0.25, -0.2) is 4.99 Å². The molecule has 0 fully saturated rings. The molecule has 0 amide bonds. The highest BCUT2D eigenvalue weighted by Gasteiger charge is 2.18. The highest BCUT2D eigenvalue weighted by atomic mass is 16.3. The van der Waals surface area contributed by atoms with Gasteiger partial charge in [-0.05, 0) is 47.7 Å². The molecule has 1 N–H and O–H groups in total. The molecule has 0 aromatic heterocycles. The number of hydrogen-bond acceptors (Lipinski definition) is 3. The van der Waals surface area contributed by atoms with Gasteiger partial charge in [0.25, 0.3) is 0 Å². The highest BCUT2D eigenvalue weighted by Crippen LogP contribution is 2.36. The molecule has 114 valence electrons. The number of aryl methyl sites for hydroxylation is 1. The minimum Gasteiger partial charge on any atom is -0.507 e. The second kappa shape index (κ2) is 5.43. The molecular formula is C20H18N2O. The van der Waals surface area contributed by atoms with Crippen molar-refractivity contribution in [2.75, 3.05) is 11.9 Å². The van der Waals surface area contributed by atoms with Crippen LogP contribution in [0.15, 0.2) is 65.7 Å². The van der Waals surface area contributed by atoms with Crippen molar-refractivity contribution < 1.29 is 5.11 Å². The van der Waals surface area contributed by atoms with Crippen molar-refractivity contribution in [1.82, 2.24) is 0 Å². The van der Waals surface area contributed by atoms with Gasteiger partial charge in [0, 0.05) is 24.5 Å². The van der Waals surface area contributed by atoms with E-state index >= 15 is 0 Å². The summed E-state index contributed by atoms with van der Waals surface area (Å²) in [6, 6.07) is 20.0. The van der Waals surface area contributed by atoms with Crippen LogP contribution < -0.4 is 4.90 Å². The molecular weight excluding hydrogens is 284 g/mol. The average Bonchev–Trinajstić information content (AvgIpc) is 2.61. The lowest BCUT2D eigenvalue weighted by atomic mass is 9.96. The molecule has 1 heterocycles. The largest absolute Gasteiger partial charge is 0.507 e. The first-order valence-electron chi connectivity index (χ1n) is 7.84. The third-order valence-electron chi connectivity index (χ3n) is 4.50. The highest BCUT2D eigenvalue weighted by molar-refractivity contribution is 6.03. The Morgan fingerprint density at radius 3 is 2.52 bits per heavy atom. The number of aliphatic imine (C=N–C) groups is 1. The fraction of sp³-hybridized carbons (Fsp3) is 0.150. The van der Waals surface area contributed by atoms with Gasteiger partial charge in [-0.15, -0.1) is 0 Å². The van der Waals surface area contributed by atoms with Crippen LogP contribution in [0.2, 0.25) is 0 Å². The minimum absolute atomic E-state index is 0.335. The fourth-order valence-corrected chi connectivity index (χ4v) is 3.23. The normalized spacial score (nSPS) is 13.5. The summed E-state index contributed by atoms with van der Waals surface area (Å²) in [6.45, 7) is 0. The van der Waals surface area contributed by atoms with Gasteiger partial charge in [-0.1, -0.05) is 30.3 Å². The Balaban J connectivity index is 1.78. The summed E-state index contributed by atoms with van der Waals surface area (Å²) < 4.78 is 0. The summed E-state index contributed by atoms with van der Waals surface area (Å²) in [5.41, 5.74) is 3.38. The Kier molecular flexibility index (Phi) is 3.27. The lowest BCUT2D eigenvalue weighted by Gasteiger charge is -2.25. The van der Waals surface area contributed by atoms with Crippen molar-refractivity contribution in [1.29, 1.82) is 0 Å². The van der Waals surface area contributed by atoms with E-state index in [0.717, 1.165) is 40.8 Å². The van der Waals surface area contributed by atoms with E-state index in [-0.39, 0.29) is 0 Å². The summed E-state index contributed by atoms with van der Waals surface area (Å²) in [4.78, 5) is 7.01. The van der Waals surface area contributed by atoms with Gasteiger partial charge in [0.2, 0.25) is 0 Å². The zero-order chi connectivity index (χ0) is 15.8. The maximum Gasteiger partial charge on any atom is 0.123 e. The van der Waals surface area contributed by atoms with Crippen molar-refractivity contribution in [3.63, 3.8) is 0 Å². The first kappa shape index (κ1) is 13.8. The van der Waals surface area contributed by atoms with Crippen molar-refractivity contribution >= 4 is 28.0 Å². The lowest BCUT2D eigenvalue weighted by molar-refractivity contribution is 0.481. The molecule has 3 heteroatoms. The van der Waals surface area contributed by atoms with Crippen LogP contribution in [0.3, 0.4) is 0 Å². The molecule has 0 saturated heterocycles. The topological polar surface area (TPSA) is 35.8 Å². The Hall–Kier alpha value is -2.81. The van der Waals surface area contributed by atoms with E-state index in [1.807, 2.05) is 36.4 Å². The van der Waals surface area contributed by atoms with Crippen LogP contribution in [0.5, 0.6) is 5.75 Å². The van der Waals surface area contributed by atoms with Crippen LogP contribution in [0.1, 0.15) is 12.0 Å². The standard InChI is InChI=1S/C20H18N2O/c1-22(14-6-3-2-4-7-14)20-13-11-16-15-8-5-9-19(23)17(15)10-12-18(16)21-20/h2-10,12,23H,11,13H2,1H3. The Labute approximate surface area is 135 Å². The van der Waals surface area contributed by atoms with Gasteiger partial charge in [-0.3, -0.25) is 0 Å². The number of phenols is 1. The zero-order valence-corrected chi connectivity index (χ0v) is 13.0. The molecule has 1 aliphatic heterocycles. The van der Waals surface area contributed by atoms with Crippen LogP contribution in [0.25, 0.3) is 10.8 Å². The summed E-state index contributed by atoms with van der Waals surface area (Å²) in [6.07, 6.45) is 1.83. The molecule has 4 rings (SSSR count). The van der Waals surface area contributed by atoms with E-state index in [2.05, 4.69) is 30.1 Å². The number of rotatable bonds is 1. The minimum atomic E-state index is 0.335. The van der Waals surface area contributed by atoms with E-state index in [0.29, 0.717) is 5.75 Å². The maximum atomic E-state index is 10.0. The number of aromatic hydroxyl groups is 1. The van der Waals surface area contributed by atoms with Gasteiger partial charge in [-0.2, -0.15) is 0 Å². The van der Waals surface area contributed by atoms with Crippen LogP contribution in [0, 0.1) is 0 Å². The van der Waals surface area contributed by atoms with Crippen LogP contribution in [0.4, 0.5) is 11.4 Å². The third kappa shape index (κ3) is 2.34. The summed E-state index contributed by atoms with van der Waals surface area (Å²) in [7, 11) is 2.06. The second-order valence-corrected chi connectivity index (χ2v) is 5.86. The van der Waals surface area contributed by atoms with E-state index < -0.39 is 0 Å². The van der Waals surface area contributed by atoms with E-state index in [9.17, 15) is 5.11 Å². The van der Waals surface area contributed by atoms with Crippen molar-refractivity contribution in [3.8, 4) is 5.75 Å². The molecule has 3 aromatic carbocycles. The maximum absolute atomic E-state index is 10.0. The molecule has 0 unspecified atom stereocenters. The lowest BCUT2D eigenvalue weighted by Crippen LogP contribution is -2.28. The number of hydrogen-bond donors (Lipinski definition) is 1. The number of amidine groups is 1.